The lowest BCUT2D eigenvalue weighted by molar-refractivity contribution is -0.159. The Morgan fingerprint density at radius 3 is 2.03 bits per heavy atom. The van der Waals surface area contributed by atoms with Crippen molar-refractivity contribution in [3.63, 3.8) is 0 Å². The topological polar surface area (TPSA) is 89.2 Å². The first-order valence-electron chi connectivity index (χ1n) is 10.2. The second-order valence-electron chi connectivity index (χ2n) is 7.96. The lowest BCUT2D eigenvalue weighted by Crippen LogP contribution is -2.39. The van der Waals surface area contributed by atoms with Crippen LogP contribution < -0.4 is 4.90 Å². The largest absolute Gasteiger partial charge is 0.471 e. The number of hydrogen-bond donors (Lipinski definition) is 0. The van der Waals surface area contributed by atoms with Gasteiger partial charge in [0.15, 0.2) is 0 Å². The van der Waals surface area contributed by atoms with Gasteiger partial charge in [-0.25, -0.2) is 9.88 Å². The summed E-state index contributed by atoms with van der Waals surface area (Å²) < 4.78 is 42.3. The van der Waals surface area contributed by atoms with Crippen molar-refractivity contribution in [3.8, 4) is 22.5 Å². The highest BCUT2D eigenvalue weighted by atomic mass is 19.4. The first kappa shape index (κ1) is 20.3. The summed E-state index contributed by atoms with van der Waals surface area (Å²) in [4.78, 5) is 34.4. The number of amides is 2. The van der Waals surface area contributed by atoms with Gasteiger partial charge in [-0.2, -0.15) is 18.2 Å². The molecule has 10 heteroatoms. The molecule has 0 bridgehead atoms. The highest BCUT2D eigenvalue weighted by Gasteiger charge is 2.42. The zero-order chi connectivity index (χ0) is 22.5. The van der Waals surface area contributed by atoms with E-state index in [1.54, 1.807) is 36.4 Å². The van der Waals surface area contributed by atoms with E-state index in [1.807, 2.05) is 0 Å². The van der Waals surface area contributed by atoms with E-state index in [4.69, 9.17) is 0 Å². The molecule has 0 radical (unpaired) electrons. The molecule has 3 aromatic rings. The number of rotatable bonds is 5. The van der Waals surface area contributed by atoms with Gasteiger partial charge in [0.25, 0.3) is 0 Å². The lowest BCUT2D eigenvalue weighted by atomic mass is 10.0. The van der Waals surface area contributed by atoms with Crippen LogP contribution in [0.1, 0.15) is 31.6 Å². The molecular weight excluding hydrogens is 425 g/mol. The van der Waals surface area contributed by atoms with Crippen LogP contribution in [0.25, 0.3) is 22.5 Å². The standard InChI is InChI=1S/C22H17F3N4O3/c23-22(24,25)21-27-18(28-32-21)13-3-1-12(2-4-13)16-9-10-26-17(11-16)29(19(30)14-5-6-14)20(31)15-7-8-15/h1-4,9-11,14-15H,5-8H2. The van der Waals surface area contributed by atoms with E-state index in [9.17, 15) is 22.8 Å². The van der Waals surface area contributed by atoms with E-state index >= 15 is 0 Å². The molecule has 5 rings (SSSR count). The summed E-state index contributed by atoms with van der Waals surface area (Å²) in [5.41, 5.74) is 1.80. The smallest absolute Gasteiger partial charge is 0.329 e. The highest BCUT2D eigenvalue weighted by Crippen LogP contribution is 2.38. The summed E-state index contributed by atoms with van der Waals surface area (Å²) in [5.74, 6) is -1.96. The van der Waals surface area contributed by atoms with E-state index in [0.29, 0.717) is 11.1 Å². The third-order valence-electron chi connectivity index (χ3n) is 5.41. The monoisotopic (exact) mass is 442 g/mol. The Hall–Kier alpha value is -3.56. The molecule has 0 spiro atoms. The van der Waals surface area contributed by atoms with Crippen molar-refractivity contribution in [2.24, 2.45) is 11.8 Å². The molecule has 32 heavy (non-hydrogen) atoms. The van der Waals surface area contributed by atoms with Crippen LogP contribution in [0.15, 0.2) is 47.1 Å². The van der Waals surface area contributed by atoms with Crippen LogP contribution >= 0.6 is 0 Å². The van der Waals surface area contributed by atoms with Crippen LogP contribution in [0.5, 0.6) is 0 Å². The molecule has 2 aliphatic rings. The molecule has 0 N–H and O–H groups in total. The minimum atomic E-state index is -4.71. The number of aromatic nitrogens is 3. The van der Waals surface area contributed by atoms with Crippen molar-refractivity contribution in [1.29, 1.82) is 0 Å². The predicted molar refractivity (Wildman–Crippen MR) is 106 cm³/mol. The van der Waals surface area contributed by atoms with Crippen molar-refractivity contribution in [1.82, 2.24) is 15.1 Å². The van der Waals surface area contributed by atoms with Crippen molar-refractivity contribution < 1.29 is 27.3 Å². The number of carbonyl (C=O) groups excluding carboxylic acids is 2. The molecule has 2 saturated carbocycles. The molecule has 164 valence electrons. The molecule has 2 aliphatic carbocycles. The van der Waals surface area contributed by atoms with Crippen molar-refractivity contribution in [2.45, 2.75) is 31.9 Å². The Labute approximate surface area is 180 Å². The van der Waals surface area contributed by atoms with Gasteiger partial charge in [0.2, 0.25) is 17.6 Å². The normalized spacial score (nSPS) is 16.1. The van der Waals surface area contributed by atoms with E-state index < -0.39 is 12.1 Å². The van der Waals surface area contributed by atoms with Crippen molar-refractivity contribution in [2.75, 3.05) is 4.90 Å². The Morgan fingerprint density at radius 2 is 1.50 bits per heavy atom. The van der Waals surface area contributed by atoms with Crippen LogP contribution in [-0.2, 0) is 15.8 Å². The molecule has 2 amide bonds. The van der Waals surface area contributed by atoms with Gasteiger partial charge in [0, 0.05) is 23.6 Å². The maximum Gasteiger partial charge on any atom is 0.471 e. The number of pyridine rings is 1. The molecule has 0 atom stereocenters. The van der Waals surface area contributed by atoms with Gasteiger partial charge >= 0.3 is 12.1 Å². The number of imide groups is 1. The number of alkyl halides is 3. The predicted octanol–water partition coefficient (Wildman–Crippen LogP) is 4.50. The fourth-order valence-electron chi connectivity index (χ4n) is 3.35. The van der Waals surface area contributed by atoms with Gasteiger partial charge in [-0.1, -0.05) is 29.4 Å². The molecule has 0 aliphatic heterocycles. The summed E-state index contributed by atoms with van der Waals surface area (Å²) in [6, 6.07) is 9.93. The third kappa shape index (κ3) is 4.00. The minimum absolute atomic E-state index is 0.126. The van der Waals surface area contributed by atoms with Gasteiger partial charge in [-0.3, -0.25) is 9.59 Å². The molecule has 2 fully saturated rings. The molecule has 1 aromatic carbocycles. The summed E-state index contributed by atoms with van der Waals surface area (Å²) in [6.45, 7) is 0. The van der Waals surface area contributed by atoms with Crippen LogP contribution in [0.4, 0.5) is 19.0 Å². The van der Waals surface area contributed by atoms with E-state index in [0.717, 1.165) is 31.2 Å². The van der Waals surface area contributed by atoms with E-state index in [1.165, 1.54) is 11.1 Å². The van der Waals surface area contributed by atoms with Crippen LogP contribution in [0.2, 0.25) is 0 Å². The zero-order valence-electron chi connectivity index (χ0n) is 16.7. The maximum absolute atomic E-state index is 12.8. The molecular formula is C22H17F3N4O3. The minimum Gasteiger partial charge on any atom is -0.329 e. The lowest BCUT2D eigenvalue weighted by Gasteiger charge is -2.20. The second-order valence-corrected chi connectivity index (χ2v) is 7.96. The van der Waals surface area contributed by atoms with Gasteiger partial charge in [-0.05, 0) is 48.9 Å². The molecule has 2 heterocycles. The van der Waals surface area contributed by atoms with E-state index in [2.05, 4.69) is 19.6 Å². The summed E-state index contributed by atoms with van der Waals surface area (Å²) in [6.07, 6.45) is -0.0662. The quantitative estimate of drug-likeness (QED) is 0.541. The fraction of sp³-hybridized carbons (Fsp3) is 0.318. The average molecular weight is 442 g/mol. The molecule has 0 unspecified atom stereocenters. The SMILES string of the molecule is O=C(C1CC1)N(C(=O)C1CC1)c1cc(-c2ccc(-c3noc(C(F)(F)F)n3)cc2)ccn1. The number of carbonyl (C=O) groups is 2. The molecule has 2 aromatic heterocycles. The van der Waals surface area contributed by atoms with Crippen molar-refractivity contribution >= 4 is 17.6 Å². The highest BCUT2D eigenvalue weighted by molar-refractivity contribution is 6.16. The Balaban J connectivity index is 1.42. The summed E-state index contributed by atoms with van der Waals surface area (Å²) in [7, 11) is 0. The van der Waals surface area contributed by atoms with Gasteiger partial charge < -0.3 is 4.52 Å². The number of anilines is 1. The van der Waals surface area contributed by atoms with E-state index in [-0.39, 0.29) is 35.3 Å². The summed E-state index contributed by atoms with van der Waals surface area (Å²) >= 11 is 0. The van der Waals surface area contributed by atoms with Crippen molar-refractivity contribution in [3.05, 3.63) is 48.5 Å². The number of halogens is 3. The Kier molecular flexibility index (Phi) is 4.79. The fourth-order valence-corrected chi connectivity index (χ4v) is 3.35. The third-order valence-corrected chi connectivity index (χ3v) is 5.41. The molecule has 7 nitrogen and oxygen atoms in total. The number of nitrogens with zero attached hydrogens (tertiary/aromatic N) is 4. The first-order valence-corrected chi connectivity index (χ1v) is 10.2. The summed E-state index contributed by atoms with van der Waals surface area (Å²) in [5, 5.41) is 3.38. The number of benzene rings is 1. The van der Waals surface area contributed by atoms with Gasteiger partial charge in [-0.15, -0.1) is 0 Å². The van der Waals surface area contributed by atoms with Crippen LogP contribution in [0.3, 0.4) is 0 Å². The second kappa shape index (κ2) is 7.54. The number of hydrogen-bond acceptors (Lipinski definition) is 6. The van der Waals surface area contributed by atoms with Gasteiger partial charge in [0.05, 0.1) is 0 Å². The van der Waals surface area contributed by atoms with Crippen LogP contribution in [-0.4, -0.2) is 26.9 Å². The Morgan fingerprint density at radius 1 is 0.906 bits per heavy atom. The average Bonchev–Trinajstić information content (AvgIpc) is 3.71. The first-order chi connectivity index (χ1) is 15.3. The molecule has 0 saturated heterocycles. The van der Waals surface area contributed by atoms with Crippen LogP contribution in [0, 0.1) is 11.8 Å². The maximum atomic E-state index is 12.8. The Bertz CT molecular complexity index is 1160. The van der Waals surface area contributed by atoms with Gasteiger partial charge in [0.1, 0.15) is 5.82 Å². The zero-order valence-corrected chi connectivity index (χ0v) is 16.7.